The molecule has 2 aliphatic rings. The van der Waals surface area contributed by atoms with Crippen molar-refractivity contribution in [2.45, 2.75) is 95.9 Å². The molecule has 1 saturated carbocycles. The number of unbranched alkanes of at least 4 members (excludes halogenated alkanes) is 2. The van der Waals surface area contributed by atoms with Crippen LogP contribution in [0.25, 0.3) is 10.8 Å². The van der Waals surface area contributed by atoms with Gasteiger partial charge in [0.1, 0.15) is 5.75 Å². The first kappa shape index (κ1) is 27.9. The van der Waals surface area contributed by atoms with Crippen molar-refractivity contribution in [1.29, 1.82) is 0 Å². The van der Waals surface area contributed by atoms with Crippen LogP contribution in [0.2, 0.25) is 0 Å². The summed E-state index contributed by atoms with van der Waals surface area (Å²) in [5, 5.41) is 1.51. The van der Waals surface area contributed by atoms with E-state index in [9.17, 15) is 14.4 Å². The summed E-state index contributed by atoms with van der Waals surface area (Å²) in [6.45, 7) is 4.26. The largest absolute Gasteiger partial charge is 0.493 e. The number of benzene rings is 2. The molecule has 2 aromatic carbocycles. The topological polar surface area (TPSA) is 72.9 Å². The number of imide groups is 1. The monoisotopic (exact) mass is 519 g/mol. The third-order valence-electron chi connectivity index (χ3n) is 7.80. The fourth-order valence-corrected chi connectivity index (χ4v) is 5.74. The Balaban J connectivity index is 1.45. The molecule has 1 fully saturated rings. The molecule has 4 rings (SSSR count). The molecule has 2 aromatic rings. The fraction of sp³-hybridized carbons (Fsp3) is 0.531. The second-order valence-corrected chi connectivity index (χ2v) is 10.5. The van der Waals surface area contributed by atoms with E-state index in [1.807, 2.05) is 30.3 Å². The smallest absolute Gasteiger partial charge is 0.330 e. The van der Waals surface area contributed by atoms with Gasteiger partial charge in [-0.05, 0) is 50.3 Å². The number of nitrogens with zero attached hydrogens (tertiary/aromatic N) is 1. The normalized spacial score (nSPS) is 17.5. The summed E-state index contributed by atoms with van der Waals surface area (Å²) in [5.41, 5.74) is 1.19. The van der Waals surface area contributed by atoms with Crippen molar-refractivity contribution in [2.75, 3.05) is 13.2 Å². The predicted molar refractivity (Wildman–Crippen MR) is 150 cm³/mol. The highest BCUT2D eigenvalue weighted by atomic mass is 16.5. The lowest BCUT2D eigenvalue weighted by Gasteiger charge is -2.34. The molecule has 0 spiro atoms. The van der Waals surface area contributed by atoms with Crippen molar-refractivity contribution >= 4 is 28.6 Å². The molecule has 1 aliphatic heterocycles. The maximum Gasteiger partial charge on any atom is 0.330 e. The third kappa shape index (κ3) is 6.83. The number of carbonyl (C=O) groups is 3. The van der Waals surface area contributed by atoms with E-state index in [1.165, 1.54) is 44.9 Å². The molecule has 0 N–H and O–H groups in total. The van der Waals surface area contributed by atoms with Crippen LogP contribution >= 0.6 is 0 Å². The fourth-order valence-electron chi connectivity index (χ4n) is 5.74. The summed E-state index contributed by atoms with van der Waals surface area (Å²) < 4.78 is 11.1. The minimum absolute atomic E-state index is 0.0421. The van der Waals surface area contributed by atoms with Crippen LogP contribution in [0, 0.1) is 0 Å². The Morgan fingerprint density at radius 1 is 0.816 bits per heavy atom. The van der Waals surface area contributed by atoms with Gasteiger partial charge in [0.15, 0.2) is 0 Å². The van der Waals surface area contributed by atoms with Gasteiger partial charge in [0, 0.05) is 34.0 Å². The van der Waals surface area contributed by atoms with Gasteiger partial charge in [-0.25, -0.2) is 4.79 Å². The summed E-state index contributed by atoms with van der Waals surface area (Å²) in [6, 6.07) is 9.30. The first-order chi connectivity index (χ1) is 18.6. The molecule has 1 aliphatic carbocycles. The Kier molecular flexibility index (Phi) is 10.4. The number of carbonyl (C=O) groups excluding carboxylic acids is 3. The van der Waals surface area contributed by atoms with Gasteiger partial charge in [-0.3, -0.25) is 14.5 Å². The van der Waals surface area contributed by atoms with E-state index in [1.54, 1.807) is 4.90 Å². The molecule has 0 unspecified atom stereocenters. The number of ether oxygens (including phenoxy) is 2. The number of esters is 1. The molecule has 38 heavy (non-hydrogen) atoms. The quantitative estimate of drug-likeness (QED) is 0.149. The standard InChI is InChI=1S/C32H41NO5/c1-2-29(34)38-23-14-10-13-22-37-28-21-20-27-30-25(28)18-15-19-26(30)31(35)33(32(27)36)24-16-11-8-6-4-3-5-7-9-12-17-24/h2,15,18-21,24H,1,3-14,16-17,22-23H2. The van der Waals surface area contributed by atoms with E-state index < -0.39 is 5.97 Å². The van der Waals surface area contributed by atoms with Crippen molar-refractivity contribution in [3.05, 3.63) is 54.1 Å². The van der Waals surface area contributed by atoms with E-state index >= 15 is 0 Å². The van der Waals surface area contributed by atoms with Crippen molar-refractivity contribution in [1.82, 2.24) is 4.90 Å². The van der Waals surface area contributed by atoms with Crippen LogP contribution in [0.5, 0.6) is 5.75 Å². The third-order valence-corrected chi connectivity index (χ3v) is 7.80. The Morgan fingerprint density at radius 2 is 1.42 bits per heavy atom. The van der Waals surface area contributed by atoms with Crippen LogP contribution in [-0.2, 0) is 9.53 Å². The maximum atomic E-state index is 13.8. The minimum Gasteiger partial charge on any atom is -0.493 e. The van der Waals surface area contributed by atoms with Gasteiger partial charge in [-0.1, -0.05) is 76.5 Å². The van der Waals surface area contributed by atoms with Crippen molar-refractivity contribution < 1.29 is 23.9 Å². The highest BCUT2D eigenvalue weighted by Crippen LogP contribution is 2.37. The molecular weight excluding hydrogens is 478 g/mol. The van der Waals surface area contributed by atoms with Gasteiger partial charge in [0.2, 0.25) is 0 Å². The Bertz CT molecular complexity index is 1110. The lowest BCUT2D eigenvalue weighted by molar-refractivity contribution is -0.137. The first-order valence-electron chi connectivity index (χ1n) is 14.5. The van der Waals surface area contributed by atoms with Crippen molar-refractivity contribution in [2.24, 2.45) is 0 Å². The molecule has 6 nitrogen and oxygen atoms in total. The molecular formula is C32H41NO5. The second-order valence-electron chi connectivity index (χ2n) is 10.5. The van der Waals surface area contributed by atoms with Gasteiger partial charge in [-0.2, -0.15) is 0 Å². The van der Waals surface area contributed by atoms with Gasteiger partial charge >= 0.3 is 5.97 Å². The highest BCUT2D eigenvalue weighted by molar-refractivity contribution is 6.26. The number of amides is 2. The second kappa shape index (κ2) is 14.1. The molecule has 6 heteroatoms. The van der Waals surface area contributed by atoms with Crippen LogP contribution in [0.15, 0.2) is 43.0 Å². The summed E-state index contributed by atoms with van der Waals surface area (Å²) in [6.07, 6.45) is 16.2. The first-order valence-corrected chi connectivity index (χ1v) is 14.5. The molecule has 0 radical (unpaired) electrons. The SMILES string of the molecule is C=CC(=O)OCCCCCOc1ccc2c3c(cccc13)C(=O)N(C1CCCCCCCCCCC1)C2=O. The summed E-state index contributed by atoms with van der Waals surface area (Å²) in [4.78, 5) is 40.2. The van der Waals surface area contributed by atoms with E-state index in [4.69, 9.17) is 9.47 Å². The lowest BCUT2D eigenvalue weighted by atomic mass is 9.90. The summed E-state index contributed by atoms with van der Waals surface area (Å²) in [5.74, 6) is -0.0596. The molecule has 0 atom stereocenters. The number of hydrogen-bond acceptors (Lipinski definition) is 5. The average Bonchev–Trinajstić information content (AvgIpc) is 2.92. The Labute approximate surface area is 226 Å². The summed E-state index contributed by atoms with van der Waals surface area (Å²) in [7, 11) is 0. The zero-order chi connectivity index (χ0) is 26.7. The van der Waals surface area contributed by atoms with Crippen LogP contribution in [0.4, 0.5) is 0 Å². The molecule has 0 saturated heterocycles. The molecule has 1 heterocycles. The van der Waals surface area contributed by atoms with Crippen LogP contribution < -0.4 is 4.74 Å². The van der Waals surface area contributed by atoms with E-state index in [0.717, 1.165) is 56.4 Å². The van der Waals surface area contributed by atoms with Gasteiger partial charge in [-0.15, -0.1) is 0 Å². The van der Waals surface area contributed by atoms with Crippen LogP contribution in [0.3, 0.4) is 0 Å². The van der Waals surface area contributed by atoms with E-state index in [0.29, 0.717) is 35.5 Å². The van der Waals surface area contributed by atoms with Gasteiger partial charge in [0.25, 0.3) is 11.8 Å². The zero-order valence-corrected chi connectivity index (χ0v) is 22.6. The highest BCUT2D eigenvalue weighted by Gasteiger charge is 2.37. The van der Waals surface area contributed by atoms with E-state index in [2.05, 4.69) is 6.58 Å². The molecule has 2 amide bonds. The maximum absolute atomic E-state index is 13.8. The van der Waals surface area contributed by atoms with Gasteiger partial charge in [0.05, 0.1) is 13.2 Å². The predicted octanol–water partition coefficient (Wildman–Crippen LogP) is 7.39. The lowest BCUT2D eigenvalue weighted by Crippen LogP contribution is -2.47. The van der Waals surface area contributed by atoms with Crippen molar-refractivity contribution in [3.63, 3.8) is 0 Å². The number of rotatable bonds is 9. The Hall–Kier alpha value is -3.15. The minimum atomic E-state index is -0.404. The average molecular weight is 520 g/mol. The van der Waals surface area contributed by atoms with Crippen molar-refractivity contribution in [3.8, 4) is 5.75 Å². The van der Waals surface area contributed by atoms with Gasteiger partial charge < -0.3 is 9.47 Å². The molecule has 0 bridgehead atoms. The molecule has 0 aromatic heterocycles. The summed E-state index contributed by atoms with van der Waals surface area (Å²) >= 11 is 0. The number of hydrogen-bond donors (Lipinski definition) is 0. The van der Waals surface area contributed by atoms with E-state index in [-0.39, 0.29) is 17.9 Å². The molecule has 204 valence electrons. The van der Waals surface area contributed by atoms with Crippen LogP contribution in [0.1, 0.15) is 111 Å². The Morgan fingerprint density at radius 3 is 2.08 bits per heavy atom. The van der Waals surface area contributed by atoms with Crippen LogP contribution in [-0.4, -0.2) is 41.9 Å². The zero-order valence-electron chi connectivity index (χ0n) is 22.6.